The molecule has 0 atom stereocenters. The minimum Gasteiger partial charge on any atom is -0.405 e. The number of hydrogen-bond acceptors (Lipinski definition) is 4. The number of aryl methyl sites for hydroxylation is 2. The van der Waals surface area contributed by atoms with Crippen LogP contribution in [0.4, 0.5) is 13.2 Å². The van der Waals surface area contributed by atoms with Crippen LogP contribution in [0.1, 0.15) is 29.5 Å². The minimum absolute atomic E-state index is 0.139. The van der Waals surface area contributed by atoms with E-state index in [9.17, 15) is 26.4 Å². The van der Waals surface area contributed by atoms with Crippen molar-refractivity contribution in [2.24, 2.45) is 0 Å². The lowest BCUT2D eigenvalue weighted by Gasteiger charge is -2.13. The van der Waals surface area contributed by atoms with Gasteiger partial charge in [-0.2, -0.15) is 0 Å². The number of alkyl halides is 3. The number of carbonyl (C=O) groups excluding carboxylic acids is 1. The SMILES string of the molecule is O=C(CCS(=O)(=O)c1ccc2c(c1)CCC2)NCc1ccccc1OC(F)(F)F. The first-order valence-corrected chi connectivity index (χ1v) is 10.7. The second-order valence-electron chi connectivity index (χ2n) is 6.79. The lowest BCUT2D eigenvalue weighted by Crippen LogP contribution is -2.26. The average Bonchev–Trinajstić information content (AvgIpc) is 3.12. The summed E-state index contributed by atoms with van der Waals surface area (Å²) in [5.74, 6) is -1.36. The van der Waals surface area contributed by atoms with Crippen LogP contribution in [0.5, 0.6) is 5.75 Å². The molecule has 1 aliphatic carbocycles. The Labute approximate surface area is 166 Å². The number of amides is 1. The fourth-order valence-corrected chi connectivity index (χ4v) is 4.53. The van der Waals surface area contributed by atoms with Crippen molar-refractivity contribution in [1.29, 1.82) is 0 Å². The van der Waals surface area contributed by atoms with Crippen molar-refractivity contribution in [3.63, 3.8) is 0 Å². The molecule has 0 heterocycles. The summed E-state index contributed by atoms with van der Waals surface area (Å²) in [7, 11) is -3.63. The molecule has 0 unspecified atom stereocenters. The van der Waals surface area contributed by atoms with Crippen LogP contribution in [0.15, 0.2) is 47.4 Å². The van der Waals surface area contributed by atoms with Gasteiger partial charge in [0.15, 0.2) is 9.84 Å². The van der Waals surface area contributed by atoms with E-state index in [2.05, 4.69) is 10.1 Å². The summed E-state index contributed by atoms with van der Waals surface area (Å²) in [5.41, 5.74) is 2.32. The third kappa shape index (κ3) is 5.72. The molecule has 0 aromatic heterocycles. The van der Waals surface area contributed by atoms with Crippen LogP contribution < -0.4 is 10.1 Å². The molecule has 0 aliphatic heterocycles. The van der Waals surface area contributed by atoms with Crippen molar-refractivity contribution >= 4 is 15.7 Å². The van der Waals surface area contributed by atoms with Crippen LogP contribution in [0, 0.1) is 0 Å². The van der Waals surface area contributed by atoms with Gasteiger partial charge < -0.3 is 10.1 Å². The molecule has 0 fully saturated rings. The first-order valence-electron chi connectivity index (χ1n) is 9.09. The van der Waals surface area contributed by atoms with Crippen molar-refractivity contribution in [3.8, 4) is 5.75 Å². The summed E-state index contributed by atoms with van der Waals surface area (Å²) < 4.78 is 66.2. The van der Waals surface area contributed by atoms with E-state index in [0.29, 0.717) is 0 Å². The number of sulfone groups is 1. The molecule has 156 valence electrons. The van der Waals surface area contributed by atoms with E-state index < -0.39 is 27.9 Å². The molecule has 5 nitrogen and oxygen atoms in total. The van der Waals surface area contributed by atoms with Gasteiger partial charge >= 0.3 is 6.36 Å². The molecule has 3 rings (SSSR count). The maximum absolute atomic E-state index is 12.5. The summed E-state index contributed by atoms with van der Waals surface area (Å²) in [6, 6.07) is 10.5. The number of rotatable bonds is 7. The van der Waals surface area contributed by atoms with Gasteiger partial charge in [-0.25, -0.2) is 8.42 Å². The average molecular weight is 427 g/mol. The van der Waals surface area contributed by atoms with Gasteiger partial charge in [0.05, 0.1) is 10.6 Å². The largest absolute Gasteiger partial charge is 0.573 e. The number of carbonyl (C=O) groups is 1. The van der Waals surface area contributed by atoms with Crippen molar-refractivity contribution < 1.29 is 31.1 Å². The van der Waals surface area contributed by atoms with Gasteiger partial charge in [0, 0.05) is 18.5 Å². The fraction of sp³-hybridized carbons (Fsp3) is 0.350. The zero-order chi connectivity index (χ0) is 21.1. The molecular weight excluding hydrogens is 407 g/mol. The Morgan fingerprint density at radius 1 is 1.07 bits per heavy atom. The molecule has 2 aromatic rings. The second-order valence-corrected chi connectivity index (χ2v) is 8.89. The lowest BCUT2D eigenvalue weighted by molar-refractivity contribution is -0.274. The topological polar surface area (TPSA) is 72.5 Å². The minimum atomic E-state index is -4.84. The number of hydrogen-bond donors (Lipinski definition) is 1. The van der Waals surface area contributed by atoms with Gasteiger partial charge in [0.25, 0.3) is 0 Å². The third-order valence-corrected chi connectivity index (χ3v) is 6.41. The summed E-state index contributed by atoms with van der Waals surface area (Å²) >= 11 is 0. The van der Waals surface area contributed by atoms with E-state index in [-0.39, 0.29) is 29.2 Å². The van der Waals surface area contributed by atoms with Crippen LogP contribution in [-0.4, -0.2) is 26.4 Å². The molecule has 0 bridgehead atoms. The Balaban J connectivity index is 1.57. The van der Waals surface area contributed by atoms with Crippen molar-refractivity contribution in [1.82, 2.24) is 5.32 Å². The van der Waals surface area contributed by atoms with E-state index in [1.54, 1.807) is 12.1 Å². The predicted octanol–water partition coefficient (Wildman–Crippen LogP) is 3.55. The van der Waals surface area contributed by atoms with E-state index in [0.717, 1.165) is 36.5 Å². The van der Waals surface area contributed by atoms with Crippen molar-refractivity contribution in [2.75, 3.05) is 5.75 Å². The van der Waals surface area contributed by atoms with E-state index >= 15 is 0 Å². The highest BCUT2D eigenvalue weighted by atomic mass is 32.2. The van der Waals surface area contributed by atoms with Gasteiger partial charge in [-0.15, -0.1) is 13.2 Å². The molecule has 0 spiro atoms. The Hall–Kier alpha value is -2.55. The van der Waals surface area contributed by atoms with Crippen molar-refractivity contribution in [2.45, 2.75) is 43.5 Å². The van der Waals surface area contributed by atoms with Gasteiger partial charge in [0.1, 0.15) is 5.75 Å². The highest BCUT2D eigenvalue weighted by molar-refractivity contribution is 7.91. The number of benzene rings is 2. The lowest BCUT2D eigenvalue weighted by atomic mass is 10.1. The van der Waals surface area contributed by atoms with Crippen LogP contribution in [0.25, 0.3) is 0 Å². The Morgan fingerprint density at radius 2 is 1.79 bits per heavy atom. The molecule has 2 aromatic carbocycles. The normalized spacial score (nSPS) is 13.8. The standard InChI is InChI=1S/C20H20F3NO4S/c21-20(22,23)28-18-7-2-1-4-16(18)13-24-19(25)10-11-29(26,27)17-9-8-14-5-3-6-15(14)12-17/h1-2,4,7-9,12H,3,5-6,10-11,13H2,(H,24,25). The summed E-state index contributed by atoms with van der Waals surface area (Å²) in [5, 5.41) is 2.44. The number of para-hydroxylation sites is 1. The van der Waals surface area contributed by atoms with Gasteiger partial charge in [-0.05, 0) is 48.6 Å². The van der Waals surface area contributed by atoms with E-state index in [1.807, 2.05) is 6.07 Å². The van der Waals surface area contributed by atoms with Crippen LogP contribution >= 0.6 is 0 Å². The maximum atomic E-state index is 12.5. The smallest absolute Gasteiger partial charge is 0.405 e. The maximum Gasteiger partial charge on any atom is 0.573 e. The quantitative estimate of drug-likeness (QED) is 0.734. The van der Waals surface area contributed by atoms with Crippen molar-refractivity contribution in [3.05, 3.63) is 59.2 Å². The zero-order valence-electron chi connectivity index (χ0n) is 15.5. The van der Waals surface area contributed by atoms with Gasteiger partial charge in [0.2, 0.25) is 5.91 Å². The summed E-state index contributed by atoms with van der Waals surface area (Å²) in [6.07, 6.45) is -2.34. The monoisotopic (exact) mass is 427 g/mol. The molecule has 1 N–H and O–H groups in total. The fourth-order valence-electron chi connectivity index (χ4n) is 3.24. The summed E-state index contributed by atoms with van der Waals surface area (Å²) in [6.45, 7) is -0.204. The highest BCUT2D eigenvalue weighted by Crippen LogP contribution is 2.27. The summed E-state index contributed by atoms with van der Waals surface area (Å²) in [4.78, 5) is 12.2. The zero-order valence-corrected chi connectivity index (χ0v) is 16.3. The molecule has 1 aliphatic rings. The third-order valence-electron chi connectivity index (χ3n) is 4.70. The molecule has 0 saturated carbocycles. The van der Waals surface area contributed by atoms with Gasteiger partial charge in [-0.1, -0.05) is 24.3 Å². The van der Waals surface area contributed by atoms with Crippen LogP contribution in [0.3, 0.4) is 0 Å². The number of fused-ring (bicyclic) bond motifs is 1. The Morgan fingerprint density at radius 3 is 2.55 bits per heavy atom. The van der Waals surface area contributed by atoms with Crippen LogP contribution in [0.2, 0.25) is 0 Å². The molecule has 0 radical (unpaired) electrons. The van der Waals surface area contributed by atoms with E-state index in [1.165, 1.54) is 18.2 Å². The Kier molecular flexibility index (Phi) is 6.16. The Bertz CT molecular complexity index is 1000. The first kappa shape index (κ1) is 21.2. The number of nitrogens with one attached hydrogen (secondary N) is 1. The first-order chi connectivity index (χ1) is 13.6. The second kappa shape index (κ2) is 8.44. The predicted molar refractivity (Wildman–Crippen MR) is 100 cm³/mol. The number of ether oxygens (including phenoxy) is 1. The molecular formula is C20H20F3NO4S. The molecule has 0 saturated heterocycles. The molecule has 1 amide bonds. The van der Waals surface area contributed by atoms with Gasteiger partial charge in [-0.3, -0.25) is 4.79 Å². The highest BCUT2D eigenvalue weighted by Gasteiger charge is 2.32. The van der Waals surface area contributed by atoms with Crippen LogP contribution in [-0.2, 0) is 34.0 Å². The number of halogens is 3. The molecule has 9 heteroatoms. The van der Waals surface area contributed by atoms with E-state index in [4.69, 9.17) is 0 Å². The molecule has 29 heavy (non-hydrogen) atoms.